The van der Waals surface area contributed by atoms with Crippen LogP contribution in [0.3, 0.4) is 0 Å². The van der Waals surface area contributed by atoms with Gasteiger partial charge in [0.25, 0.3) is 0 Å². The van der Waals surface area contributed by atoms with Gasteiger partial charge in [0.1, 0.15) is 0 Å². The molecule has 0 spiro atoms. The quantitative estimate of drug-likeness (QED) is 0.768. The van der Waals surface area contributed by atoms with E-state index < -0.39 is 0 Å². The number of hydrogen-bond donors (Lipinski definition) is 1. The highest BCUT2D eigenvalue weighted by Gasteiger charge is 1.91. The molecule has 0 aliphatic rings. The van der Waals surface area contributed by atoms with Crippen LogP contribution in [0.5, 0.6) is 0 Å². The number of carbonyl (C=O) groups is 1. The third-order valence-electron chi connectivity index (χ3n) is 1.38. The van der Waals surface area contributed by atoms with Crippen LogP contribution >= 0.6 is 0 Å². The maximum Gasteiger partial charge on any atom is 0.217 e. The molecule has 14 heavy (non-hydrogen) atoms. The van der Waals surface area contributed by atoms with Crippen molar-refractivity contribution in [2.24, 2.45) is 0 Å². The predicted molar refractivity (Wildman–Crippen MR) is 59.9 cm³/mol. The van der Waals surface area contributed by atoms with Gasteiger partial charge in [-0.15, -0.1) is 0 Å². The summed E-state index contributed by atoms with van der Waals surface area (Å²) < 4.78 is 0. The fourth-order valence-electron chi connectivity index (χ4n) is 0.822. The summed E-state index contributed by atoms with van der Waals surface area (Å²) in [6.45, 7) is 6.39. The Hall–Kier alpha value is -1.31. The molecule has 1 aromatic carbocycles. The Morgan fingerprint density at radius 2 is 1.71 bits per heavy atom. The molecule has 1 rings (SSSR count). The topological polar surface area (TPSA) is 29.1 Å². The van der Waals surface area contributed by atoms with Crippen LogP contribution in [-0.4, -0.2) is 5.91 Å². The second-order valence-electron chi connectivity index (χ2n) is 3.10. The second-order valence-corrected chi connectivity index (χ2v) is 3.10. The smallest absolute Gasteiger partial charge is 0.217 e. The number of hydrogen-bond acceptors (Lipinski definition) is 1. The minimum atomic E-state index is 0.00820. The van der Waals surface area contributed by atoms with Gasteiger partial charge in [0.2, 0.25) is 5.91 Å². The van der Waals surface area contributed by atoms with E-state index in [0.717, 1.165) is 5.56 Å². The fourth-order valence-corrected chi connectivity index (χ4v) is 0.822. The molecule has 0 unspecified atom stereocenters. The molecule has 0 aliphatic heterocycles. The standard InChI is InChI=1S/C9H11NO.C3H8/c1-8(11)10-7-9-5-3-2-4-6-9;1-3-2/h2-6H,7H2,1H3,(H,10,11);3H2,1-2H3. The summed E-state index contributed by atoms with van der Waals surface area (Å²) in [7, 11) is 0. The number of nitrogens with one attached hydrogen (secondary N) is 1. The van der Waals surface area contributed by atoms with Gasteiger partial charge in [-0.2, -0.15) is 0 Å². The molecule has 78 valence electrons. The van der Waals surface area contributed by atoms with Crippen LogP contribution in [0.4, 0.5) is 0 Å². The number of amides is 1. The molecule has 0 radical (unpaired) electrons. The van der Waals surface area contributed by atoms with Crippen LogP contribution in [0.15, 0.2) is 30.3 Å². The third-order valence-corrected chi connectivity index (χ3v) is 1.38. The average molecular weight is 193 g/mol. The van der Waals surface area contributed by atoms with E-state index in [9.17, 15) is 4.79 Å². The van der Waals surface area contributed by atoms with Crippen LogP contribution in [-0.2, 0) is 11.3 Å². The van der Waals surface area contributed by atoms with Gasteiger partial charge in [-0.05, 0) is 5.56 Å². The Bertz CT molecular complexity index is 244. The van der Waals surface area contributed by atoms with Crippen molar-refractivity contribution < 1.29 is 4.79 Å². The molecule has 0 heterocycles. The second kappa shape index (κ2) is 8.30. The summed E-state index contributed by atoms with van der Waals surface area (Å²) in [6, 6.07) is 9.83. The lowest BCUT2D eigenvalue weighted by Gasteiger charge is -2.00. The molecular weight excluding hydrogens is 174 g/mol. The first-order valence-electron chi connectivity index (χ1n) is 4.99. The number of rotatable bonds is 2. The van der Waals surface area contributed by atoms with Crippen molar-refractivity contribution in [2.75, 3.05) is 0 Å². The molecule has 0 aromatic heterocycles. The van der Waals surface area contributed by atoms with Crippen LogP contribution in [0.2, 0.25) is 0 Å². The first kappa shape index (κ1) is 12.7. The Kier molecular flexibility index (Phi) is 7.52. The normalized spacial score (nSPS) is 8.50. The zero-order valence-electron chi connectivity index (χ0n) is 9.21. The van der Waals surface area contributed by atoms with Gasteiger partial charge in [0, 0.05) is 13.5 Å². The minimum Gasteiger partial charge on any atom is -0.352 e. The van der Waals surface area contributed by atoms with Crippen LogP contribution in [0, 0.1) is 0 Å². The van der Waals surface area contributed by atoms with E-state index >= 15 is 0 Å². The lowest BCUT2D eigenvalue weighted by Crippen LogP contribution is -2.18. The first-order chi connectivity index (χ1) is 6.70. The highest BCUT2D eigenvalue weighted by atomic mass is 16.1. The van der Waals surface area contributed by atoms with Gasteiger partial charge in [0.15, 0.2) is 0 Å². The van der Waals surface area contributed by atoms with Crippen molar-refractivity contribution in [1.82, 2.24) is 5.32 Å². The maximum absolute atomic E-state index is 10.5. The molecule has 0 atom stereocenters. The van der Waals surface area contributed by atoms with Crippen molar-refractivity contribution in [3.05, 3.63) is 35.9 Å². The molecule has 0 bridgehead atoms. The van der Waals surface area contributed by atoms with Crippen molar-refractivity contribution in [3.63, 3.8) is 0 Å². The van der Waals surface area contributed by atoms with Crippen LogP contribution in [0.25, 0.3) is 0 Å². The summed E-state index contributed by atoms with van der Waals surface area (Å²) in [6.07, 6.45) is 1.25. The molecule has 1 amide bonds. The molecule has 2 heteroatoms. The number of benzene rings is 1. The van der Waals surface area contributed by atoms with E-state index in [-0.39, 0.29) is 5.91 Å². The third kappa shape index (κ3) is 7.35. The SMILES string of the molecule is CC(=O)NCc1ccccc1.CCC. The molecule has 2 nitrogen and oxygen atoms in total. The van der Waals surface area contributed by atoms with E-state index in [4.69, 9.17) is 0 Å². The van der Waals surface area contributed by atoms with E-state index in [1.807, 2.05) is 30.3 Å². The Morgan fingerprint density at radius 1 is 1.21 bits per heavy atom. The maximum atomic E-state index is 10.5. The first-order valence-corrected chi connectivity index (χ1v) is 4.99. The van der Waals surface area contributed by atoms with Crippen LogP contribution in [0.1, 0.15) is 32.8 Å². The summed E-state index contributed by atoms with van der Waals surface area (Å²) in [4.78, 5) is 10.5. The predicted octanol–water partition coefficient (Wildman–Crippen LogP) is 2.74. The van der Waals surface area contributed by atoms with Gasteiger partial charge in [0.05, 0.1) is 0 Å². The summed E-state index contributed by atoms with van der Waals surface area (Å²) >= 11 is 0. The number of carbonyl (C=O) groups excluding carboxylic acids is 1. The zero-order chi connectivity index (χ0) is 10.8. The van der Waals surface area contributed by atoms with Crippen molar-refractivity contribution in [1.29, 1.82) is 0 Å². The van der Waals surface area contributed by atoms with E-state index in [1.54, 1.807) is 0 Å². The van der Waals surface area contributed by atoms with Crippen molar-refractivity contribution in [2.45, 2.75) is 33.7 Å². The summed E-state index contributed by atoms with van der Waals surface area (Å²) in [5.41, 5.74) is 1.13. The average Bonchev–Trinajstić information content (AvgIpc) is 2.18. The molecule has 0 saturated heterocycles. The molecule has 1 aromatic rings. The Balaban J connectivity index is 0.000000500. The molecule has 0 fully saturated rings. The summed E-state index contributed by atoms with van der Waals surface area (Å²) in [5, 5.41) is 2.72. The Labute approximate surface area is 86.3 Å². The van der Waals surface area contributed by atoms with Gasteiger partial charge in [-0.25, -0.2) is 0 Å². The largest absolute Gasteiger partial charge is 0.352 e. The van der Waals surface area contributed by atoms with E-state index in [2.05, 4.69) is 19.2 Å². The minimum absolute atomic E-state index is 0.00820. The molecule has 0 aliphatic carbocycles. The molecule has 1 N–H and O–H groups in total. The van der Waals surface area contributed by atoms with Gasteiger partial charge < -0.3 is 5.32 Å². The van der Waals surface area contributed by atoms with Gasteiger partial charge >= 0.3 is 0 Å². The summed E-state index contributed by atoms with van der Waals surface area (Å²) in [5.74, 6) is 0.00820. The fraction of sp³-hybridized carbons (Fsp3) is 0.417. The van der Waals surface area contributed by atoms with Gasteiger partial charge in [-0.1, -0.05) is 50.6 Å². The zero-order valence-corrected chi connectivity index (χ0v) is 9.21. The highest BCUT2D eigenvalue weighted by Crippen LogP contribution is 1.96. The lowest BCUT2D eigenvalue weighted by molar-refractivity contribution is -0.119. The molecule has 0 saturated carbocycles. The highest BCUT2D eigenvalue weighted by molar-refractivity contribution is 5.72. The Morgan fingerprint density at radius 3 is 2.14 bits per heavy atom. The van der Waals surface area contributed by atoms with E-state index in [0.29, 0.717) is 6.54 Å². The monoisotopic (exact) mass is 193 g/mol. The van der Waals surface area contributed by atoms with Crippen molar-refractivity contribution in [3.8, 4) is 0 Å². The van der Waals surface area contributed by atoms with Crippen molar-refractivity contribution >= 4 is 5.91 Å². The van der Waals surface area contributed by atoms with Gasteiger partial charge in [-0.3, -0.25) is 4.79 Å². The molecular formula is C12H19NO. The lowest BCUT2D eigenvalue weighted by atomic mass is 10.2. The van der Waals surface area contributed by atoms with E-state index in [1.165, 1.54) is 13.3 Å². The van der Waals surface area contributed by atoms with Crippen LogP contribution < -0.4 is 5.32 Å².